The molecule has 0 aliphatic heterocycles. The minimum Gasteiger partial charge on any atom is -0.287 e. The third kappa shape index (κ3) is 3.16. The van der Waals surface area contributed by atoms with Crippen molar-refractivity contribution in [2.75, 3.05) is 0 Å². The van der Waals surface area contributed by atoms with Crippen molar-refractivity contribution in [1.29, 1.82) is 0 Å². The molecule has 0 unspecified atom stereocenters. The maximum Gasteiger partial charge on any atom is 0.213 e. The molecule has 27 heavy (non-hydrogen) atoms. The molecular weight excluding hydrogens is 392 g/mol. The lowest BCUT2D eigenvalue weighted by Gasteiger charge is -1.99. The van der Waals surface area contributed by atoms with E-state index in [4.69, 9.17) is 0 Å². The number of ketones is 2. The molecule has 142 valence electrons. The van der Waals surface area contributed by atoms with E-state index in [-0.39, 0.29) is 11.6 Å². The van der Waals surface area contributed by atoms with Gasteiger partial charge >= 0.3 is 0 Å². The Hall–Kier alpha value is -1.56. The summed E-state index contributed by atoms with van der Waals surface area (Å²) in [5.41, 5.74) is 6.34. The van der Waals surface area contributed by atoms with Gasteiger partial charge in [0.15, 0.2) is 0 Å². The highest BCUT2D eigenvalue weighted by molar-refractivity contribution is 7.20. The number of hydrogen-bond acceptors (Lipinski definition) is 5. The van der Waals surface area contributed by atoms with Gasteiger partial charge in [0.1, 0.15) is 0 Å². The Bertz CT molecular complexity index is 1010. The predicted molar refractivity (Wildman–Crippen MR) is 118 cm³/mol. The van der Waals surface area contributed by atoms with Gasteiger partial charge in [-0.3, -0.25) is 9.59 Å². The molecule has 0 saturated heterocycles. The Morgan fingerprint density at radius 1 is 0.444 bits per heavy atom. The van der Waals surface area contributed by atoms with E-state index >= 15 is 0 Å². The van der Waals surface area contributed by atoms with Gasteiger partial charge in [-0.2, -0.15) is 0 Å². The summed E-state index contributed by atoms with van der Waals surface area (Å²) in [5.74, 6) is 0.0993. The third-order valence-corrected chi connectivity index (χ3v) is 9.65. The van der Waals surface area contributed by atoms with Crippen molar-refractivity contribution in [2.45, 2.75) is 55.4 Å². The van der Waals surface area contributed by atoms with Crippen LogP contribution in [0.3, 0.4) is 0 Å². The van der Waals surface area contributed by atoms with Gasteiger partial charge in [0.25, 0.3) is 0 Å². The summed E-state index contributed by atoms with van der Waals surface area (Å²) in [4.78, 5) is 31.8. The Kier molecular flexibility index (Phi) is 5.32. The van der Waals surface area contributed by atoms with Gasteiger partial charge in [-0.1, -0.05) is 0 Å². The van der Waals surface area contributed by atoms with Crippen LogP contribution in [-0.4, -0.2) is 11.6 Å². The van der Waals surface area contributed by atoms with E-state index in [2.05, 4.69) is 27.7 Å². The normalized spacial score (nSPS) is 11.3. The van der Waals surface area contributed by atoms with Crippen molar-refractivity contribution in [2.24, 2.45) is 0 Å². The summed E-state index contributed by atoms with van der Waals surface area (Å²) in [6.45, 7) is 16.1. The Morgan fingerprint density at radius 2 is 0.704 bits per heavy atom. The number of aryl methyl sites for hydroxylation is 2. The summed E-state index contributed by atoms with van der Waals surface area (Å²) in [6, 6.07) is 0. The van der Waals surface area contributed by atoms with Gasteiger partial charge < -0.3 is 0 Å². The maximum atomic E-state index is 13.2. The molecule has 0 atom stereocenters. The third-order valence-electron chi connectivity index (χ3n) is 5.65. The molecule has 0 aromatic carbocycles. The highest BCUT2D eigenvalue weighted by atomic mass is 32.1. The molecule has 0 radical (unpaired) electrons. The van der Waals surface area contributed by atoms with Gasteiger partial charge in [-0.25, -0.2) is 0 Å². The van der Waals surface area contributed by atoms with Crippen LogP contribution in [0.25, 0.3) is 0 Å². The molecule has 2 nitrogen and oxygen atoms in total. The molecule has 0 spiro atoms. The largest absolute Gasteiger partial charge is 0.287 e. The fraction of sp³-hybridized carbons (Fsp3) is 0.364. The van der Waals surface area contributed by atoms with Crippen LogP contribution in [0.4, 0.5) is 0 Å². The van der Waals surface area contributed by atoms with E-state index in [1.54, 1.807) is 22.7 Å². The number of rotatable bonds is 4. The molecule has 0 aliphatic carbocycles. The van der Waals surface area contributed by atoms with Crippen molar-refractivity contribution in [1.82, 2.24) is 0 Å². The second-order valence-corrected chi connectivity index (χ2v) is 10.6. The fourth-order valence-electron chi connectivity index (χ4n) is 3.15. The Morgan fingerprint density at radius 3 is 0.963 bits per heavy atom. The van der Waals surface area contributed by atoms with Crippen molar-refractivity contribution >= 4 is 45.6 Å². The molecular formula is C22H24O2S3. The molecule has 0 bridgehead atoms. The van der Waals surface area contributed by atoms with Gasteiger partial charge in [-0.15, -0.1) is 34.0 Å². The molecule has 3 heterocycles. The summed E-state index contributed by atoms with van der Waals surface area (Å²) in [5, 5.41) is 0. The highest BCUT2D eigenvalue weighted by Crippen LogP contribution is 2.37. The van der Waals surface area contributed by atoms with Crippen LogP contribution in [-0.2, 0) is 0 Å². The van der Waals surface area contributed by atoms with Crippen molar-refractivity contribution in [3.8, 4) is 0 Å². The summed E-state index contributed by atoms with van der Waals surface area (Å²) >= 11 is 4.46. The zero-order valence-electron chi connectivity index (χ0n) is 17.0. The molecule has 0 amide bonds. The Balaban J connectivity index is 2.08. The SMILES string of the molecule is Cc1sc(C(=O)c2sc(C(=O)c3sc(C)c(C)c3C)c(C)c2C)c(C)c1C. The van der Waals surface area contributed by atoms with Crippen LogP contribution >= 0.6 is 34.0 Å². The lowest BCUT2D eigenvalue weighted by atomic mass is 10.0. The van der Waals surface area contributed by atoms with Gasteiger partial charge in [0.2, 0.25) is 11.6 Å². The lowest BCUT2D eigenvalue weighted by molar-refractivity contribution is 0.103. The van der Waals surface area contributed by atoms with Crippen LogP contribution in [0.1, 0.15) is 72.2 Å². The minimum atomic E-state index is 0.0496. The first-order chi connectivity index (χ1) is 12.6. The van der Waals surface area contributed by atoms with Crippen LogP contribution in [0.5, 0.6) is 0 Å². The molecule has 3 rings (SSSR count). The molecule has 0 aliphatic rings. The van der Waals surface area contributed by atoms with E-state index in [1.165, 1.54) is 32.2 Å². The van der Waals surface area contributed by atoms with Crippen molar-refractivity contribution in [3.05, 3.63) is 62.6 Å². The number of carbonyl (C=O) groups excluding carboxylic acids is 2. The smallest absolute Gasteiger partial charge is 0.213 e. The minimum absolute atomic E-state index is 0.0496. The van der Waals surface area contributed by atoms with E-state index in [0.717, 1.165) is 32.0 Å². The molecule has 0 N–H and O–H groups in total. The molecule has 5 heteroatoms. The molecule has 3 aromatic rings. The summed E-state index contributed by atoms with van der Waals surface area (Å²) in [6.07, 6.45) is 0. The zero-order valence-corrected chi connectivity index (χ0v) is 19.5. The second kappa shape index (κ2) is 7.12. The van der Waals surface area contributed by atoms with E-state index in [9.17, 15) is 9.59 Å². The van der Waals surface area contributed by atoms with Gasteiger partial charge in [0.05, 0.1) is 19.5 Å². The monoisotopic (exact) mass is 416 g/mol. The first kappa shape index (κ1) is 20.2. The average Bonchev–Trinajstić information content (AvgIpc) is 3.18. The fourth-order valence-corrected chi connectivity index (χ4v) is 6.71. The van der Waals surface area contributed by atoms with Crippen LogP contribution in [0, 0.1) is 55.4 Å². The lowest BCUT2D eigenvalue weighted by Crippen LogP contribution is -2.00. The van der Waals surface area contributed by atoms with Crippen molar-refractivity contribution < 1.29 is 9.59 Å². The van der Waals surface area contributed by atoms with Crippen LogP contribution in [0.2, 0.25) is 0 Å². The van der Waals surface area contributed by atoms with Crippen molar-refractivity contribution in [3.63, 3.8) is 0 Å². The first-order valence-corrected chi connectivity index (χ1v) is 11.3. The number of carbonyl (C=O) groups is 2. The molecule has 0 saturated carbocycles. The standard InChI is InChI=1S/C22H24O2S3/c1-9-11(3)19(25-15(9)7)17(23)21-13(5)14(6)22(27-21)18(24)20-12(4)10(2)16(8)26-20/h1-8H3. The van der Waals surface area contributed by atoms with E-state index in [1.807, 2.05) is 27.7 Å². The van der Waals surface area contributed by atoms with Crippen LogP contribution in [0.15, 0.2) is 0 Å². The first-order valence-electron chi connectivity index (χ1n) is 8.88. The Labute approximate surface area is 172 Å². The zero-order chi connectivity index (χ0) is 20.2. The number of thiophene rings is 3. The predicted octanol–water partition coefficient (Wildman–Crippen LogP) is 6.80. The van der Waals surface area contributed by atoms with E-state index in [0.29, 0.717) is 9.75 Å². The molecule has 0 fully saturated rings. The van der Waals surface area contributed by atoms with Crippen LogP contribution < -0.4 is 0 Å². The van der Waals surface area contributed by atoms with Gasteiger partial charge in [-0.05, 0) is 88.8 Å². The average molecular weight is 417 g/mol. The van der Waals surface area contributed by atoms with E-state index < -0.39 is 0 Å². The highest BCUT2D eigenvalue weighted by Gasteiger charge is 2.27. The summed E-state index contributed by atoms with van der Waals surface area (Å²) in [7, 11) is 0. The summed E-state index contributed by atoms with van der Waals surface area (Å²) < 4.78 is 0. The quantitative estimate of drug-likeness (QED) is 0.438. The maximum absolute atomic E-state index is 13.2. The van der Waals surface area contributed by atoms with Gasteiger partial charge in [0, 0.05) is 9.75 Å². The second-order valence-electron chi connectivity index (χ2n) is 7.14. The topological polar surface area (TPSA) is 34.1 Å². The number of hydrogen-bond donors (Lipinski definition) is 0. The molecule has 3 aromatic heterocycles.